The molecule has 0 N–H and O–H groups in total. The molecule has 26 heavy (non-hydrogen) atoms. The number of hydrogen-bond acceptors (Lipinski definition) is 0. The standard InChI is InChI=1S/C25H49B/c1-3-25(2,23-19-15-11-7-4-5-8-12-16-20-23)26-24-21-17-13-9-6-10-14-18-22-24/h23-24,26H,3-22H2,1-2H3. The third kappa shape index (κ3) is 8.39. The van der Waals surface area contributed by atoms with Crippen LogP contribution in [-0.2, 0) is 0 Å². The fourth-order valence-corrected chi connectivity index (χ4v) is 6.04. The van der Waals surface area contributed by atoms with Gasteiger partial charge in [-0.25, -0.2) is 0 Å². The Hall–Kier alpha value is 0.0649. The SMILES string of the molecule is CCC(C)(BC1CCCCCCCCC1)C1CCCCCCCCCC1. The van der Waals surface area contributed by atoms with Crippen LogP contribution in [0.4, 0.5) is 0 Å². The van der Waals surface area contributed by atoms with E-state index < -0.39 is 0 Å². The van der Waals surface area contributed by atoms with Crippen LogP contribution >= 0.6 is 0 Å². The van der Waals surface area contributed by atoms with Crippen LogP contribution < -0.4 is 0 Å². The lowest BCUT2D eigenvalue weighted by atomic mass is 9.39. The third-order valence-electron chi connectivity index (χ3n) is 8.13. The Kier molecular flexibility index (Phi) is 11.4. The van der Waals surface area contributed by atoms with E-state index >= 15 is 0 Å². The molecule has 2 aliphatic carbocycles. The first-order chi connectivity index (χ1) is 12.7. The van der Waals surface area contributed by atoms with Gasteiger partial charge in [-0.15, -0.1) is 0 Å². The van der Waals surface area contributed by atoms with Crippen molar-refractivity contribution < 1.29 is 0 Å². The van der Waals surface area contributed by atoms with Crippen LogP contribution in [0, 0.1) is 5.92 Å². The van der Waals surface area contributed by atoms with E-state index in [1.54, 1.807) is 0 Å². The van der Waals surface area contributed by atoms with Crippen LogP contribution in [0.5, 0.6) is 0 Å². The summed E-state index contributed by atoms with van der Waals surface area (Å²) < 4.78 is 0. The largest absolute Gasteiger partial charge is 0.131 e. The summed E-state index contributed by atoms with van der Waals surface area (Å²) in [5.41, 5.74) is 0. The Morgan fingerprint density at radius 2 is 0.923 bits per heavy atom. The van der Waals surface area contributed by atoms with Gasteiger partial charge < -0.3 is 0 Å². The molecule has 2 aliphatic rings. The molecule has 0 bridgehead atoms. The maximum Gasteiger partial charge on any atom is 0.131 e. The van der Waals surface area contributed by atoms with Crippen molar-refractivity contribution >= 4 is 7.28 Å². The summed E-state index contributed by atoms with van der Waals surface area (Å²) in [6.45, 7) is 5.20. The van der Waals surface area contributed by atoms with Gasteiger partial charge in [0.15, 0.2) is 0 Å². The first-order valence-corrected chi connectivity index (χ1v) is 12.7. The molecule has 0 aromatic heterocycles. The van der Waals surface area contributed by atoms with Crippen LogP contribution in [-0.4, -0.2) is 7.28 Å². The molecule has 2 saturated carbocycles. The summed E-state index contributed by atoms with van der Waals surface area (Å²) in [7, 11) is 1.54. The molecule has 2 fully saturated rings. The lowest BCUT2D eigenvalue weighted by molar-refractivity contribution is 0.300. The molecule has 0 aromatic carbocycles. The van der Waals surface area contributed by atoms with Crippen LogP contribution in [0.25, 0.3) is 0 Å². The predicted octanol–water partition coefficient (Wildman–Crippen LogP) is 8.86. The molecule has 0 amide bonds. The lowest BCUT2D eigenvalue weighted by Gasteiger charge is -2.40. The van der Waals surface area contributed by atoms with Crippen LogP contribution in [0.1, 0.15) is 142 Å². The van der Waals surface area contributed by atoms with E-state index in [9.17, 15) is 0 Å². The van der Waals surface area contributed by atoms with Crippen molar-refractivity contribution in [1.29, 1.82) is 0 Å². The smallest absolute Gasteiger partial charge is 0.0663 e. The molecular weight excluding hydrogens is 311 g/mol. The van der Waals surface area contributed by atoms with E-state index in [0.29, 0.717) is 5.31 Å². The summed E-state index contributed by atoms with van der Waals surface area (Å²) in [6.07, 6.45) is 30.0. The Balaban J connectivity index is 1.94. The van der Waals surface area contributed by atoms with Crippen LogP contribution in [0.3, 0.4) is 0 Å². The molecule has 0 spiro atoms. The zero-order valence-electron chi connectivity index (χ0n) is 18.5. The quantitative estimate of drug-likeness (QED) is 0.439. The second-order valence-electron chi connectivity index (χ2n) is 10.2. The second kappa shape index (κ2) is 13.3. The summed E-state index contributed by atoms with van der Waals surface area (Å²) in [6, 6.07) is 0. The van der Waals surface area contributed by atoms with Crippen molar-refractivity contribution in [3.63, 3.8) is 0 Å². The van der Waals surface area contributed by atoms with Gasteiger partial charge in [0.1, 0.15) is 7.28 Å². The summed E-state index contributed by atoms with van der Waals surface area (Å²) >= 11 is 0. The molecule has 2 rings (SSSR count). The van der Waals surface area contributed by atoms with E-state index in [4.69, 9.17) is 0 Å². The first kappa shape index (κ1) is 22.4. The van der Waals surface area contributed by atoms with Gasteiger partial charge in [0.25, 0.3) is 0 Å². The minimum absolute atomic E-state index is 0.614. The Morgan fingerprint density at radius 1 is 0.577 bits per heavy atom. The fourth-order valence-electron chi connectivity index (χ4n) is 6.04. The molecule has 0 nitrogen and oxygen atoms in total. The summed E-state index contributed by atoms with van der Waals surface area (Å²) in [4.78, 5) is 0. The van der Waals surface area contributed by atoms with Gasteiger partial charge in [-0.3, -0.25) is 0 Å². The number of rotatable bonds is 4. The molecule has 0 heterocycles. The van der Waals surface area contributed by atoms with Crippen LogP contribution in [0.15, 0.2) is 0 Å². The molecule has 0 aliphatic heterocycles. The molecule has 1 atom stereocenters. The maximum atomic E-state index is 2.69. The van der Waals surface area contributed by atoms with Crippen molar-refractivity contribution in [2.24, 2.45) is 5.92 Å². The predicted molar refractivity (Wildman–Crippen MR) is 121 cm³/mol. The Bertz CT molecular complexity index is 317. The lowest BCUT2D eigenvalue weighted by Crippen LogP contribution is -2.29. The highest BCUT2D eigenvalue weighted by atomic mass is 14.3. The van der Waals surface area contributed by atoms with E-state index in [0.717, 1.165) is 11.7 Å². The van der Waals surface area contributed by atoms with Gasteiger partial charge >= 0.3 is 0 Å². The molecule has 1 heteroatoms. The van der Waals surface area contributed by atoms with Gasteiger partial charge in [-0.2, -0.15) is 0 Å². The zero-order valence-corrected chi connectivity index (χ0v) is 18.5. The topological polar surface area (TPSA) is 0 Å². The molecule has 1 unspecified atom stereocenters. The van der Waals surface area contributed by atoms with Gasteiger partial charge in [-0.05, 0) is 5.92 Å². The minimum Gasteiger partial charge on any atom is -0.0663 e. The zero-order chi connectivity index (χ0) is 18.5. The maximum absolute atomic E-state index is 2.69. The molecule has 0 radical (unpaired) electrons. The van der Waals surface area contributed by atoms with E-state index in [-0.39, 0.29) is 0 Å². The highest BCUT2D eigenvalue weighted by molar-refractivity contribution is 6.42. The van der Waals surface area contributed by atoms with Crippen molar-refractivity contribution in [1.82, 2.24) is 0 Å². The van der Waals surface area contributed by atoms with Crippen molar-refractivity contribution in [2.75, 3.05) is 0 Å². The molecular formula is C25H49B. The van der Waals surface area contributed by atoms with E-state index in [1.165, 1.54) is 136 Å². The van der Waals surface area contributed by atoms with Crippen LogP contribution in [0.2, 0.25) is 11.1 Å². The van der Waals surface area contributed by atoms with E-state index in [1.807, 2.05) is 0 Å². The highest BCUT2D eigenvalue weighted by Crippen LogP contribution is 2.47. The monoisotopic (exact) mass is 360 g/mol. The number of hydrogen-bond donors (Lipinski definition) is 0. The fraction of sp³-hybridized carbons (Fsp3) is 1.00. The normalized spacial score (nSPS) is 26.4. The second-order valence-corrected chi connectivity index (χ2v) is 10.2. The Labute approximate surface area is 166 Å². The van der Waals surface area contributed by atoms with Crippen molar-refractivity contribution in [3.8, 4) is 0 Å². The minimum atomic E-state index is 0.614. The molecule has 0 saturated heterocycles. The van der Waals surface area contributed by atoms with E-state index in [2.05, 4.69) is 13.8 Å². The molecule has 0 aromatic rings. The highest BCUT2D eigenvalue weighted by Gasteiger charge is 2.35. The van der Waals surface area contributed by atoms with Crippen molar-refractivity contribution in [3.05, 3.63) is 0 Å². The van der Waals surface area contributed by atoms with Crippen molar-refractivity contribution in [2.45, 2.75) is 153 Å². The summed E-state index contributed by atoms with van der Waals surface area (Å²) in [5, 5.41) is 0.614. The van der Waals surface area contributed by atoms with Gasteiger partial charge in [-0.1, -0.05) is 153 Å². The van der Waals surface area contributed by atoms with Gasteiger partial charge in [0.2, 0.25) is 0 Å². The Morgan fingerprint density at radius 3 is 1.31 bits per heavy atom. The molecule has 152 valence electrons. The third-order valence-corrected chi connectivity index (χ3v) is 8.13. The average molecular weight is 360 g/mol. The van der Waals surface area contributed by atoms with Gasteiger partial charge in [0.05, 0.1) is 0 Å². The average Bonchev–Trinajstić information content (AvgIpc) is 2.72. The van der Waals surface area contributed by atoms with Gasteiger partial charge in [0, 0.05) is 0 Å². The first-order valence-electron chi connectivity index (χ1n) is 12.7. The summed E-state index contributed by atoms with van der Waals surface area (Å²) in [5.74, 6) is 2.03.